The molecule has 1 amide bonds. The summed E-state index contributed by atoms with van der Waals surface area (Å²) in [4.78, 5) is 11.9. The van der Waals surface area contributed by atoms with Crippen molar-refractivity contribution in [3.05, 3.63) is 59.7 Å². The Kier molecular flexibility index (Phi) is 7.68. The molecule has 0 fully saturated rings. The van der Waals surface area contributed by atoms with Crippen LogP contribution in [0.15, 0.2) is 53.6 Å². The molecule has 0 unspecified atom stereocenters. The number of benzene rings is 2. The minimum Gasteiger partial charge on any atom is -0.494 e. The van der Waals surface area contributed by atoms with Crippen molar-refractivity contribution in [2.75, 3.05) is 13.2 Å². The number of nitrogens with one attached hydrogen (secondary N) is 1. The number of hydrogen-bond acceptors (Lipinski definition) is 4. The third kappa shape index (κ3) is 6.24. The second-order valence-electron chi connectivity index (χ2n) is 5.87. The lowest BCUT2D eigenvalue weighted by Crippen LogP contribution is -2.25. The van der Waals surface area contributed by atoms with Crippen molar-refractivity contribution < 1.29 is 14.3 Å². The van der Waals surface area contributed by atoms with Crippen molar-refractivity contribution >= 4 is 11.6 Å². The van der Waals surface area contributed by atoms with Crippen LogP contribution in [0, 0.1) is 0 Å². The van der Waals surface area contributed by atoms with Gasteiger partial charge in [-0.25, -0.2) is 5.43 Å². The molecule has 2 aromatic carbocycles. The summed E-state index contributed by atoms with van der Waals surface area (Å²) in [5, 5.41) is 4.12. The summed E-state index contributed by atoms with van der Waals surface area (Å²) in [6.07, 6.45) is 2.15. The zero-order chi connectivity index (χ0) is 18.8. The van der Waals surface area contributed by atoms with Gasteiger partial charge >= 0.3 is 0 Å². The molecule has 2 aromatic rings. The fourth-order valence-corrected chi connectivity index (χ4v) is 2.39. The van der Waals surface area contributed by atoms with E-state index in [-0.39, 0.29) is 12.5 Å². The van der Waals surface area contributed by atoms with E-state index in [1.54, 1.807) is 0 Å². The second kappa shape index (κ2) is 10.2. The number of aryl methyl sites for hydroxylation is 1. The normalized spacial score (nSPS) is 11.1. The highest BCUT2D eigenvalue weighted by Gasteiger charge is 2.04. The lowest BCUT2D eigenvalue weighted by atomic mass is 10.1. The Hall–Kier alpha value is -2.82. The molecule has 5 nitrogen and oxygen atoms in total. The lowest BCUT2D eigenvalue weighted by Gasteiger charge is -2.07. The van der Waals surface area contributed by atoms with Crippen LogP contribution in [-0.4, -0.2) is 24.8 Å². The second-order valence-corrected chi connectivity index (χ2v) is 5.87. The molecule has 0 aliphatic rings. The van der Waals surface area contributed by atoms with E-state index in [1.807, 2.05) is 62.4 Å². The van der Waals surface area contributed by atoms with Crippen molar-refractivity contribution in [2.45, 2.75) is 33.6 Å². The van der Waals surface area contributed by atoms with Gasteiger partial charge in [-0.1, -0.05) is 25.5 Å². The fourth-order valence-electron chi connectivity index (χ4n) is 2.39. The van der Waals surface area contributed by atoms with Gasteiger partial charge < -0.3 is 9.47 Å². The van der Waals surface area contributed by atoms with E-state index in [0.29, 0.717) is 18.1 Å². The number of carbonyl (C=O) groups excluding carboxylic acids is 1. The predicted molar refractivity (Wildman–Crippen MR) is 104 cm³/mol. The average molecular weight is 354 g/mol. The van der Waals surface area contributed by atoms with Crippen molar-refractivity contribution in [2.24, 2.45) is 5.10 Å². The van der Waals surface area contributed by atoms with E-state index in [9.17, 15) is 4.79 Å². The molecule has 2 rings (SSSR count). The van der Waals surface area contributed by atoms with Crippen LogP contribution in [0.2, 0.25) is 0 Å². The number of hydrogen-bond donors (Lipinski definition) is 1. The van der Waals surface area contributed by atoms with E-state index in [0.717, 1.165) is 24.2 Å². The molecule has 0 saturated carbocycles. The topological polar surface area (TPSA) is 59.9 Å². The Balaban J connectivity index is 1.82. The summed E-state index contributed by atoms with van der Waals surface area (Å²) >= 11 is 0. The quantitative estimate of drug-likeness (QED) is 0.548. The van der Waals surface area contributed by atoms with Crippen LogP contribution >= 0.6 is 0 Å². The highest BCUT2D eigenvalue weighted by molar-refractivity contribution is 5.99. The largest absolute Gasteiger partial charge is 0.494 e. The standard InChI is InChI=1S/C21H26N2O3/c1-4-6-17-7-11-20(12-8-17)26-15-21(24)23-22-16(3)18-9-13-19(14-10-18)25-5-2/h7-14H,4-6,15H2,1-3H3,(H,23,24)/b22-16-. The van der Waals surface area contributed by atoms with Gasteiger partial charge in [0.25, 0.3) is 5.91 Å². The van der Waals surface area contributed by atoms with Crippen LogP contribution < -0.4 is 14.9 Å². The zero-order valence-corrected chi connectivity index (χ0v) is 15.6. The average Bonchev–Trinajstić information content (AvgIpc) is 2.66. The zero-order valence-electron chi connectivity index (χ0n) is 15.6. The Bertz CT molecular complexity index is 722. The van der Waals surface area contributed by atoms with E-state index in [4.69, 9.17) is 9.47 Å². The first-order chi connectivity index (χ1) is 12.6. The number of hydrazone groups is 1. The molecule has 1 N–H and O–H groups in total. The van der Waals surface area contributed by atoms with Gasteiger partial charge in [0.05, 0.1) is 12.3 Å². The van der Waals surface area contributed by atoms with Crippen molar-refractivity contribution in [1.82, 2.24) is 5.43 Å². The Morgan fingerprint density at radius 3 is 2.19 bits per heavy atom. The van der Waals surface area contributed by atoms with Crippen LogP contribution in [0.3, 0.4) is 0 Å². The Morgan fingerprint density at radius 1 is 0.962 bits per heavy atom. The van der Waals surface area contributed by atoms with Crippen molar-refractivity contribution in [1.29, 1.82) is 0 Å². The van der Waals surface area contributed by atoms with Gasteiger partial charge in [0, 0.05) is 0 Å². The summed E-state index contributed by atoms with van der Waals surface area (Å²) in [5.74, 6) is 1.19. The van der Waals surface area contributed by atoms with Crippen molar-refractivity contribution in [3.63, 3.8) is 0 Å². The number of amides is 1. The molecule has 0 radical (unpaired) electrons. The fraction of sp³-hybridized carbons (Fsp3) is 0.333. The number of rotatable bonds is 9. The lowest BCUT2D eigenvalue weighted by molar-refractivity contribution is -0.123. The monoisotopic (exact) mass is 354 g/mol. The van der Waals surface area contributed by atoms with Gasteiger partial charge in [-0.2, -0.15) is 5.10 Å². The SMILES string of the molecule is CCCc1ccc(OCC(=O)N/N=C(/C)c2ccc(OCC)cc2)cc1. The first kappa shape index (κ1) is 19.5. The maximum Gasteiger partial charge on any atom is 0.277 e. The molecular formula is C21H26N2O3. The summed E-state index contributed by atoms with van der Waals surface area (Å²) in [6.45, 7) is 6.47. The van der Waals surface area contributed by atoms with Gasteiger partial charge in [-0.3, -0.25) is 4.79 Å². The minimum absolute atomic E-state index is 0.0762. The van der Waals surface area contributed by atoms with Crippen LogP contribution in [0.5, 0.6) is 11.5 Å². The molecule has 0 spiro atoms. The Labute approximate surface area is 155 Å². The molecule has 138 valence electrons. The molecule has 0 atom stereocenters. The first-order valence-electron chi connectivity index (χ1n) is 8.90. The third-order valence-electron chi connectivity index (χ3n) is 3.76. The molecule has 0 aliphatic carbocycles. The molecule has 26 heavy (non-hydrogen) atoms. The van der Waals surface area contributed by atoms with Crippen LogP contribution in [0.4, 0.5) is 0 Å². The molecule has 0 bridgehead atoms. The molecule has 0 saturated heterocycles. The number of nitrogens with zero attached hydrogens (tertiary/aromatic N) is 1. The smallest absolute Gasteiger partial charge is 0.277 e. The molecule has 0 aliphatic heterocycles. The maximum absolute atomic E-state index is 11.9. The van der Waals surface area contributed by atoms with Gasteiger partial charge in [0.1, 0.15) is 11.5 Å². The summed E-state index contributed by atoms with van der Waals surface area (Å²) in [7, 11) is 0. The van der Waals surface area contributed by atoms with Gasteiger partial charge in [-0.05, 0) is 67.8 Å². The van der Waals surface area contributed by atoms with Crippen LogP contribution in [-0.2, 0) is 11.2 Å². The summed E-state index contributed by atoms with van der Waals surface area (Å²) in [5.41, 5.74) is 5.41. The molecular weight excluding hydrogens is 328 g/mol. The summed E-state index contributed by atoms with van der Waals surface area (Å²) in [6, 6.07) is 15.4. The van der Waals surface area contributed by atoms with E-state index in [2.05, 4.69) is 17.5 Å². The molecule has 5 heteroatoms. The first-order valence-corrected chi connectivity index (χ1v) is 8.90. The van der Waals surface area contributed by atoms with E-state index in [1.165, 1.54) is 5.56 Å². The van der Waals surface area contributed by atoms with Crippen LogP contribution in [0.1, 0.15) is 38.3 Å². The molecule has 0 aromatic heterocycles. The third-order valence-corrected chi connectivity index (χ3v) is 3.76. The Morgan fingerprint density at radius 2 is 1.58 bits per heavy atom. The van der Waals surface area contributed by atoms with E-state index < -0.39 is 0 Å². The van der Waals surface area contributed by atoms with E-state index >= 15 is 0 Å². The predicted octanol–water partition coefficient (Wildman–Crippen LogP) is 3.96. The highest BCUT2D eigenvalue weighted by atomic mass is 16.5. The van der Waals surface area contributed by atoms with Gasteiger partial charge in [0.2, 0.25) is 0 Å². The molecule has 0 heterocycles. The highest BCUT2D eigenvalue weighted by Crippen LogP contribution is 2.14. The van der Waals surface area contributed by atoms with Crippen molar-refractivity contribution in [3.8, 4) is 11.5 Å². The van der Waals surface area contributed by atoms with Gasteiger partial charge in [0.15, 0.2) is 6.61 Å². The number of carbonyl (C=O) groups is 1. The maximum atomic E-state index is 11.9. The van der Waals surface area contributed by atoms with Gasteiger partial charge in [-0.15, -0.1) is 0 Å². The minimum atomic E-state index is -0.298. The summed E-state index contributed by atoms with van der Waals surface area (Å²) < 4.78 is 10.9. The number of ether oxygens (including phenoxy) is 2. The van der Waals surface area contributed by atoms with Crippen LogP contribution in [0.25, 0.3) is 0 Å².